The van der Waals surface area contributed by atoms with Crippen LogP contribution in [0.5, 0.6) is 0 Å². The molecule has 0 saturated heterocycles. The van der Waals surface area contributed by atoms with E-state index in [1.807, 2.05) is 11.3 Å². The number of aromatic nitrogens is 1. The number of hydrogen-bond donors (Lipinski definition) is 1. The van der Waals surface area contributed by atoms with E-state index in [0.717, 1.165) is 12.8 Å². The number of thiophene rings is 1. The first kappa shape index (κ1) is 14.1. The molecule has 3 nitrogen and oxygen atoms in total. The molecule has 4 heteroatoms. The Morgan fingerprint density at radius 2 is 1.95 bits per heavy atom. The van der Waals surface area contributed by atoms with Crippen LogP contribution < -0.4 is 5.32 Å². The third kappa shape index (κ3) is 2.50. The van der Waals surface area contributed by atoms with Gasteiger partial charge in [-0.3, -0.25) is 4.79 Å². The summed E-state index contributed by atoms with van der Waals surface area (Å²) in [5.74, 6) is 0.518. The topological polar surface area (TPSA) is 34.0 Å². The zero-order valence-electron chi connectivity index (χ0n) is 12.8. The molecule has 2 aromatic heterocycles. The first-order valence-electron chi connectivity index (χ1n) is 8.37. The van der Waals surface area contributed by atoms with Crippen molar-refractivity contribution in [3.63, 3.8) is 0 Å². The molecule has 1 fully saturated rings. The number of fused-ring (bicyclic) bond motifs is 1. The summed E-state index contributed by atoms with van der Waals surface area (Å²) in [5, 5.41) is 4.49. The number of nitrogens with one attached hydrogen (secondary N) is 1. The van der Waals surface area contributed by atoms with Crippen LogP contribution in [-0.4, -0.2) is 10.5 Å². The van der Waals surface area contributed by atoms with Gasteiger partial charge in [0.25, 0.3) is 0 Å². The molecule has 2 aromatic rings. The molecule has 1 saturated carbocycles. The minimum absolute atomic E-state index is 0.250. The van der Waals surface area contributed by atoms with E-state index in [-0.39, 0.29) is 11.8 Å². The second kappa shape index (κ2) is 5.92. The first-order valence-corrected chi connectivity index (χ1v) is 9.19. The molecule has 116 valence electrons. The van der Waals surface area contributed by atoms with Crippen LogP contribution in [0.2, 0.25) is 0 Å². The van der Waals surface area contributed by atoms with Crippen LogP contribution >= 0.6 is 11.3 Å². The summed E-state index contributed by atoms with van der Waals surface area (Å²) in [6, 6.07) is 4.13. The van der Waals surface area contributed by atoms with Gasteiger partial charge in [0.2, 0.25) is 5.91 Å². The molecule has 1 N–H and O–H groups in total. The van der Waals surface area contributed by atoms with Crippen LogP contribution in [0.1, 0.15) is 48.1 Å². The summed E-state index contributed by atoms with van der Waals surface area (Å²) in [7, 11) is 0. The molecule has 2 aliphatic rings. The zero-order chi connectivity index (χ0) is 14.9. The van der Waals surface area contributed by atoms with Crippen LogP contribution in [0.4, 0.5) is 0 Å². The highest BCUT2D eigenvalue weighted by molar-refractivity contribution is 7.14. The highest BCUT2D eigenvalue weighted by Gasteiger charge is 2.26. The number of carbonyl (C=O) groups excluding carboxylic acids is 1. The van der Waals surface area contributed by atoms with E-state index in [1.165, 1.54) is 53.1 Å². The van der Waals surface area contributed by atoms with E-state index in [9.17, 15) is 4.79 Å². The lowest BCUT2D eigenvalue weighted by molar-refractivity contribution is -0.127. The smallest absolute Gasteiger partial charge is 0.223 e. The van der Waals surface area contributed by atoms with Crippen molar-refractivity contribution in [1.29, 1.82) is 0 Å². The molecule has 0 bridgehead atoms. The van der Waals surface area contributed by atoms with Gasteiger partial charge in [-0.15, -0.1) is 11.3 Å². The lowest BCUT2D eigenvalue weighted by Crippen LogP contribution is -2.34. The molecule has 2 aliphatic carbocycles. The van der Waals surface area contributed by atoms with Crippen LogP contribution in [-0.2, 0) is 24.2 Å². The van der Waals surface area contributed by atoms with Gasteiger partial charge in [0, 0.05) is 35.3 Å². The number of rotatable bonds is 4. The second-order valence-electron chi connectivity index (χ2n) is 6.43. The molecule has 0 unspecified atom stereocenters. The SMILES string of the molecule is O=C(NCc1c(-n2cccc2)sc2c1CCCC2)C1CCC1. The van der Waals surface area contributed by atoms with Crippen LogP contribution in [0.25, 0.3) is 5.00 Å². The standard InChI is InChI=1S/C18H22N2OS/c21-17(13-6-5-7-13)19-12-15-14-8-1-2-9-16(14)22-18(15)20-10-3-4-11-20/h3-4,10-11,13H,1-2,5-9,12H2,(H,19,21). The van der Waals surface area contributed by atoms with E-state index in [1.54, 1.807) is 0 Å². The number of hydrogen-bond acceptors (Lipinski definition) is 2. The van der Waals surface area contributed by atoms with Crippen LogP contribution in [0.3, 0.4) is 0 Å². The molecule has 4 rings (SSSR count). The fraction of sp³-hybridized carbons (Fsp3) is 0.500. The Labute approximate surface area is 135 Å². The number of nitrogens with zero attached hydrogens (tertiary/aromatic N) is 1. The van der Waals surface area contributed by atoms with E-state index in [0.29, 0.717) is 6.54 Å². The van der Waals surface area contributed by atoms with E-state index in [4.69, 9.17) is 0 Å². The van der Waals surface area contributed by atoms with Gasteiger partial charge < -0.3 is 9.88 Å². The highest BCUT2D eigenvalue weighted by Crippen LogP contribution is 2.37. The minimum Gasteiger partial charge on any atom is -0.352 e. The van der Waals surface area contributed by atoms with Gasteiger partial charge >= 0.3 is 0 Å². The van der Waals surface area contributed by atoms with Crippen molar-refractivity contribution in [2.75, 3.05) is 0 Å². The molecule has 0 atom stereocenters. The van der Waals surface area contributed by atoms with Gasteiger partial charge in [0.15, 0.2) is 0 Å². The van der Waals surface area contributed by atoms with E-state index in [2.05, 4.69) is 34.4 Å². The quantitative estimate of drug-likeness (QED) is 0.914. The van der Waals surface area contributed by atoms with Crippen molar-refractivity contribution in [2.45, 2.75) is 51.5 Å². The average molecular weight is 314 g/mol. The Hall–Kier alpha value is -1.55. The summed E-state index contributed by atoms with van der Waals surface area (Å²) >= 11 is 1.91. The predicted molar refractivity (Wildman–Crippen MR) is 89.5 cm³/mol. The zero-order valence-corrected chi connectivity index (χ0v) is 13.6. The number of aryl methyl sites for hydroxylation is 1. The van der Waals surface area contributed by atoms with Gasteiger partial charge in [-0.05, 0) is 56.2 Å². The molecule has 1 amide bonds. The molecule has 0 aromatic carbocycles. The van der Waals surface area contributed by atoms with Gasteiger partial charge in [-0.25, -0.2) is 0 Å². The molecule has 2 heterocycles. The molecule has 0 aliphatic heterocycles. The summed E-state index contributed by atoms with van der Waals surface area (Å²) in [5.41, 5.74) is 2.86. The maximum atomic E-state index is 12.2. The largest absolute Gasteiger partial charge is 0.352 e. The lowest BCUT2D eigenvalue weighted by Gasteiger charge is -2.24. The third-order valence-electron chi connectivity index (χ3n) is 5.01. The van der Waals surface area contributed by atoms with Crippen molar-refractivity contribution < 1.29 is 4.79 Å². The fourth-order valence-electron chi connectivity index (χ4n) is 3.47. The van der Waals surface area contributed by atoms with Gasteiger partial charge in [0.05, 0.1) is 0 Å². The van der Waals surface area contributed by atoms with Gasteiger partial charge in [-0.2, -0.15) is 0 Å². The Balaban J connectivity index is 1.61. The second-order valence-corrected chi connectivity index (χ2v) is 7.51. The number of amides is 1. The van der Waals surface area contributed by atoms with Crippen molar-refractivity contribution in [3.05, 3.63) is 40.5 Å². The first-order chi connectivity index (χ1) is 10.8. The van der Waals surface area contributed by atoms with Gasteiger partial charge in [0.1, 0.15) is 5.00 Å². The Kier molecular flexibility index (Phi) is 3.78. The Morgan fingerprint density at radius 1 is 1.18 bits per heavy atom. The average Bonchev–Trinajstić information content (AvgIpc) is 3.10. The summed E-state index contributed by atoms with van der Waals surface area (Å²) < 4.78 is 2.20. The summed E-state index contributed by atoms with van der Waals surface area (Å²) in [4.78, 5) is 13.7. The van der Waals surface area contributed by atoms with E-state index >= 15 is 0 Å². The minimum atomic E-state index is 0.250. The predicted octanol–water partition coefficient (Wildman–Crippen LogP) is 3.83. The third-order valence-corrected chi connectivity index (χ3v) is 6.36. The molecular weight excluding hydrogens is 292 g/mol. The number of carbonyl (C=O) groups is 1. The lowest BCUT2D eigenvalue weighted by atomic mass is 9.85. The Morgan fingerprint density at radius 3 is 2.68 bits per heavy atom. The summed E-state index contributed by atoms with van der Waals surface area (Å²) in [6.45, 7) is 0.689. The van der Waals surface area contributed by atoms with Crippen LogP contribution in [0.15, 0.2) is 24.5 Å². The molecular formula is C18H22N2OS. The van der Waals surface area contributed by atoms with Crippen molar-refractivity contribution >= 4 is 17.2 Å². The van der Waals surface area contributed by atoms with Gasteiger partial charge in [-0.1, -0.05) is 6.42 Å². The maximum absolute atomic E-state index is 12.2. The monoisotopic (exact) mass is 314 g/mol. The molecule has 0 radical (unpaired) electrons. The van der Waals surface area contributed by atoms with E-state index < -0.39 is 0 Å². The Bertz CT molecular complexity index is 668. The van der Waals surface area contributed by atoms with Crippen molar-refractivity contribution in [3.8, 4) is 5.00 Å². The van der Waals surface area contributed by atoms with Crippen molar-refractivity contribution in [2.24, 2.45) is 5.92 Å². The normalized spacial score (nSPS) is 17.8. The summed E-state index contributed by atoms with van der Waals surface area (Å²) in [6.07, 6.45) is 12.5. The highest BCUT2D eigenvalue weighted by atomic mass is 32.1. The van der Waals surface area contributed by atoms with Crippen LogP contribution in [0, 0.1) is 5.92 Å². The fourth-order valence-corrected chi connectivity index (χ4v) is 4.84. The molecule has 22 heavy (non-hydrogen) atoms. The molecule has 0 spiro atoms. The maximum Gasteiger partial charge on any atom is 0.223 e. The van der Waals surface area contributed by atoms with Crippen molar-refractivity contribution in [1.82, 2.24) is 9.88 Å².